The highest BCUT2D eigenvalue weighted by atomic mass is 16.5. The molecule has 8 heteroatoms. The largest absolute Gasteiger partial charge is 0.493 e. The SMILES string of the molecule is COc1ccc(NN(C)C/C=C\CN2C=Cc3cc(OC)c(OC)cc3CC2=O)cc1OC. The molecule has 0 fully saturated rings. The van der Waals surface area contributed by atoms with Gasteiger partial charge in [0.05, 0.1) is 40.5 Å². The van der Waals surface area contributed by atoms with Gasteiger partial charge in [0.15, 0.2) is 23.0 Å². The van der Waals surface area contributed by atoms with Crippen LogP contribution in [-0.2, 0) is 11.2 Å². The smallest absolute Gasteiger partial charge is 0.231 e. The van der Waals surface area contributed by atoms with Gasteiger partial charge in [-0.3, -0.25) is 4.79 Å². The Bertz CT molecular complexity index is 1030. The second-order valence-corrected chi connectivity index (χ2v) is 7.48. The predicted octanol–water partition coefficient (Wildman–Crippen LogP) is 3.59. The molecule has 0 saturated carbocycles. The van der Waals surface area contributed by atoms with Crippen LogP contribution in [-0.4, -0.2) is 64.4 Å². The van der Waals surface area contributed by atoms with Crippen molar-refractivity contribution in [3.05, 3.63) is 59.8 Å². The first kappa shape index (κ1) is 24.0. The van der Waals surface area contributed by atoms with E-state index in [0.717, 1.165) is 16.8 Å². The minimum absolute atomic E-state index is 0.0266. The van der Waals surface area contributed by atoms with Gasteiger partial charge in [0.25, 0.3) is 0 Å². The Labute approximate surface area is 195 Å². The maximum absolute atomic E-state index is 12.7. The lowest BCUT2D eigenvalue weighted by molar-refractivity contribution is -0.127. The van der Waals surface area contributed by atoms with E-state index in [1.165, 1.54) is 0 Å². The van der Waals surface area contributed by atoms with Gasteiger partial charge in [0, 0.05) is 32.4 Å². The Balaban J connectivity index is 1.56. The minimum atomic E-state index is 0.0266. The summed E-state index contributed by atoms with van der Waals surface area (Å²) in [6, 6.07) is 9.41. The van der Waals surface area contributed by atoms with Gasteiger partial charge >= 0.3 is 0 Å². The van der Waals surface area contributed by atoms with E-state index in [4.69, 9.17) is 18.9 Å². The molecule has 2 aromatic rings. The van der Waals surface area contributed by atoms with Crippen molar-refractivity contribution in [2.75, 3.05) is 54.0 Å². The van der Waals surface area contributed by atoms with Crippen molar-refractivity contribution < 1.29 is 23.7 Å². The van der Waals surface area contributed by atoms with Gasteiger partial charge in [-0.25, -0.2) is 5.01 Å². The Hall–Kier alpha value is -3.65. The molecule has 0 bridgehead atoms. The van der Waals surface area contributed by atoms with E-state index in [9.17, 15) is 4.79 Å². The highest BCUT2D eigenvalue weighted by molar-refractivity contribution is 5.84. The summed E-state index contributed by atoms with van der Waals surface area (Å²) in [6.45, 7) is 1.14. The molecule has 0 radical (unpaired) electrons. The second-order valence-electron chi connectivity index (χ2n) is 7.48. The van der Waals surface area contributed by atoms with Crippen LogP contribution in [0.2, 0.25) is 0 Å². The van der Waals surface area contributed by atoms with Crippen molar-refractivity contribution in [2.24, 2.45) is 0 Å². The van der Waals surface area contributed by atoms with Gasteiger partial charge < -0.3 is 29.3 Å². The predicted molar refractivity (Wildman–Crippen MR) is 129 cm³/mol. The third-order valence-corrected chi connectivity index (χ3v) is 5.29. The van der Waals surface area contributed by atoms with Crippen LogP contribution in [0.4, 0.5) is 5.69 Å². The number of rotatable bonds is 10. The van der Waals surface area contributed by atoms with E-state index in [0.29, 0.717) is 42.5 Å². The number of ether oxygens (including phenoxy) is 4. The van der Waals surface area contributed by atoms with Crippen LogP contribution in [0.1, 0.15) is 11.1 Å². The maximum atomic E-state index is 12.7. The fraction of sp³-hybridized carbons (Fsp3) is 0.320. The molecule has 0 aromatic heterocycles. The van der Waals surface area contributed by atoms with Crippen LogP contribution in [0.25, 0.3) is 6.08 Å². The highest BCUT2D eigenvalue weighted by Crippen LogP contribution is 2.33. The summed E-state index contributed by atoms with van der Waals surface area (Å²) in [7, 11) is 8.35. The molecule has 176 valence electrons. The Morgan fingerprint density at radius 3 is 2.30 bits per heavy atom. The summed E-state index contributed by atoms with van der Waals surface area (Å²) < 4.78 is 21.3. The van der Waals surface area contributed by atoms with Crippen molar-refractivity contribution in [1.29, 1.82) is 0 Å². The number of carbonyl (C=O) groups is 1. The molecule has 1 amide bonds. The van der Waals surface area contributed by atoms with Gasteiger partial charge in [-0.2, -0.15) is 0 Å². The average Bonchev–Trinajstić information content (AvgIpc) is 2.98. The summed E-state index contributed by atoms with van der Waals surface area (Å²) in [5.74, 6) is 2.63. The van der Waals surface area contributed by atoms with Crippen molar-refractivity contribution in [1.82, 2.24) is 9.91 Å². The summed E-state index contributed by atoms with van der Waals surface area (Å²) >= 11 is 0. The second kappa shape index (κ2) is 11.3. The Morgan fingerprint density at radius 2 is 1.61 bits per heavy atom. The number of fused-ring (bicyclic) bond motifs is 1. The van der Waals surface area contributed by atoms with Crippen molar-refractivity contribution in [3.63, 3.8) is 0 Å². The normalized spacial score (nSPS) is 13.2. The van der Waals surface area contributed by atoms with Crippen molar-refractivity contribution >= 4 is 17.7 Å². The lowest BCUT2D eigenvalue weighted by Gasteiger charge is -2.19. The first-order valence-electron chi connectivity index (χ1n) is 10.6. The van der Waals surface area contributed by atoms with Crippen LogP contribution in [0.3, 0.4) is 0 Å². The van der Waals surface area contributed by atoms with Gasteiger partial charge in [0.2, 0.25) is 5.91 Å². The van der Waals surface area contributed by atoms with Crippen molar-refractivity contribution in [2.45, 2.75) is 6.42 Å². The molecule has 3 rings (SSSR count). The molecule has 1 aliphatic heterocycles. The molecule has 2 aromatic carbocycles. The van der Waals surface area contributed by atoms with Crippen LogP contribution in [0, 0.1) is 0 Å². The summed E-state index contributed by atoms with van der Waals surface area (Å²) in [4.78, 5) is 14.4. The molecule has 33 heavy (non-hydrogen) atoms. The molecule has 0 unspecified atom stereocenters. The van der Waals surface area contributed by atoms with Crippen LogP contribution >= 0.6 is 0 Å². The molecule has 0 spiro atoms. The molecule has 0 atom stereocenters. The van der Waals surface area contributed by atoms with Gasteiger partial charge in [-0.1, -0.05) is 12.2 Å². The van der Waals surface area contributed by atoms with Gasteiger partial charge in [0.1, 0.15) is 0 Å². The number of hydrazine groups is 1. The number of likely N-dealkylation sites (N-methyl/N-ethyl adjacent to an activating group) is 1. The fourth-order valence-corrected chi connectivity index (χ4v) is 3.52. The first-order chi connectivity index (χ1) is 16.0. The van der Waals surface area contributed by atoms with Crippen LogP contribution in [0.15, 0.2) is 48.7 Å². The molecule has 0 saturated heterocycles. The molecule has 0 aliphatic carbocycles. The van der Waals surface area contributed by atoms with Gasteiger partial charge in [-0.05, 0) is 41.5 Å². The Morgan fingerprint density at radius 1 is 0.939 bits per heavy atom. The Kier molecular flexibility index (Phi) is 8.21. The summed E-state index contributed by atoms with van der Waals surface area (Å²) in [5, 5.41) is 1.94. The van der Waals surface area contributed by atoms with Crippen LogP contribution < -0.4 is 24.4 Å². The maximum Gasteiger partial charge on any atom is 0.231 e. The fourth-order valence-electron chi connectivity index (χ4n) is 3.52. The number of benzene rings is 2. The molecule has 8 nitrogen and oxygen atoms in total. The van der Waals surface area contributed by atoms with E-state index in [2.05, 4.69) is 5.43 Å². The van der Waals surface area contributed by atoms with E-state index >= 15 is 0 Å². The topological polar surface area (TPSA) is 72.5 Å². The zero-order valence-electron chi connectivity index (χ0n) is 19.8. The van der Waals surface area contributed by atoms with Crippen LogP contribution in [0.5, 0.6) is 23.0 Å². The average molecular weight is 454 g/mol. The number of carbonyl (C=O) groups excluding carboxylic acids is 1. The first-order valence-corrected chi connectivity index (χ1v) is 10.6. The number of hydrogen-bond acceptors (Lipinski definition) is 7. The summed E-state index contributed by atoms with van der Waals surface area (Å²) in [5.41, 5.74) is 6.04. The van der Waals surface area contributed by atoms with E-state index < -0.39 is 0 Å². The molecule has 1 aliphatic rings. The van der Waals surface area contributed by atoms with E-state index in [1.807, 2.05) is 66.8 Å². The monoisotopic (exact) mass is 453 g/mol. The van der Waals surface area contributed by atoms with E-state index in [-0.39, 0.29) is 5.91 Å². The lowest BCUT2D eigenvalue weighted by Crippen LogP contribution is -2.27. The minimum Gasteiger partial charge on any atom is -0.493 e. The molecule has 1 N–H and O–H groups in total. The standard InChI is InChI=1S/C25H31N3O5/c1-27(26-20-8-9-21(30-2)24(17-20)33-5)11-6-7-12-28-13-10-18-14-22(31-3)23(32-4)15-19(18)16-25(28)29/h6-10,13-15,17,26H,11-12,16H2,1-5H3/b7-6-. The lowest BCUT2D eigenvalue weighted by atomic mass is 10.0. The van der Waals surface area contributed by atoms with Gasteiger partial charge in [-0.15, -0.1) is 0 Å². The zero-order valence-corrected chi connectivity index (χ0v) is 19.8. The van der Waals surface area contributed by atoms with E-state index in [1.54, 1.807) is 33.3 Å². The highest BCUT2D eigenvalue weighted by Gasteiger charge is 2.18. The third-order valence-electron chi connectivity index (χ3n) is 5.29. The van der Waals surface area contributed by atoms with Crippen molar-refractivity contribution in [3.8, 4) is 23.0 Å². The number of nitrogens with zero attached hydrogens (tertiary/aromatic N) is 2. The number of nitrogens with one attached hydrogen (secondary N) is 1. The molecular weight excluding hydrogens is 422 g/mol. The number of amides is 1. The zero-order chi connectivity index (χ0) is 23.8. The number of anilines is 1. The number of methoxy groups -OCH3 is 4. The molecular formula is C25H31N3O5. The third kappa shape index (κ3) is 5.98. The number of hydrogen-bond donors (Lipinski definition) is 1. The summed E-state index contributed by atoms with van der Waals surface area (Å²) in [6.07, 6.45) is 8.04. The quantitative estimate of drug-likeness (QED) is 0.435. The molecule has 1 heterocycles.